The summed E-state index contributed by atoms with van der Waals surface area (Å²) < 4.78 is 79.1. The van der Waals surface area contributed by atoms with Gasteiger partial charge in [-0.25, -0.2) is 13.2 Å². The van der Waals surface area contributed by atoms with Gasteiger partial charge < -0.3 is 5.32 Å². The predicted octanol–water partition coefficient (Wildman–Crippen LogP) is 2.61. The van der Waals surface area contributed by atoms with Crippen molar-refractivity contribution in [3.63, 3.8) is 0 Å². The summed E-state index contributed by atoms with van der Waals surface area (Å²) >= 11 is 0. The molecule has 0 aromatic heterocycles. The first-order chi connectivity index (χ1) is 9.32. The molecule has 1 saturated heterocycles. The highest BCUT2D eigenvalue weighted by atomic mass is 19.4. The van der Waals surface area contributed by atoms with Crippen LogP contribution in [0.25, 0.3) is 0 Å². The summed E-state index contributed by atoms with van der Waals surface area (Å²) in [5.74, 6) is -5.18. The number of hydrogen-bond donors (Lipinski definition) is 1. The molecule has 112 valence electrons. The third-order valence-electron chi connectivity index (χ3n) is 3.19. The SMILES string of the molecule is Fc1ccc([C@@H](N2CCNCC2)C(F)(F)F)c(F)c1F. The van der Waals surface area contributed by atoms with Gasteiger partial charge in [-0.15, -0.1) is 0 Å². The normalized spacial score (nSPS) is 19.1. The predicted molar refractivity (Wildman–Crippen MR) is 59.6 cm³/mol. The minimum absolute atomic E-state index is 0.0443. The van der Waals surface area contributed by atoms with Gasteiger partial charge in [-0.05, 0) is 6.07 Å². The number of halogens is 6. The maximum absolute atomic E-state index is 13.6. The van der Waals surface area contributed by atoms with Crippen LogP contribution in [-0.4, -0.2) is 37.3 Å². The van der Waals surface area contributed by atoms with Crippen molar-refractivity contribution in [2.45, 2.75) is 12.2 Å². The summed E-state index contributed by atoms with van der Waals surface area (Å²) in [6, 6.07) is -1.12. The Morgan fingerprint density at radius 3 is 2.15 bits per heavy atom. The zero-order chi connectivity index (χ0) is 14.9. The summed E-state index contributed by atoms with van der Waals surface area (Å²) in [4.78, 5) is 1.01. The number of piperazine rings is 1. The van der Waals surface area contributed by atoms with E-state index in [9.17, 15) is 26.3 Å². The number of hydrogen-bond acceptors (Lipinski definition) is 2. The van der Waals surface area contributed by atoms with Crippen LogP contribution in [-0.2, 0) is 0 Å². The van der Waals surface area contributed by atoms with Crippen molar-refractivity contribution in [2.24, 2.45) is 0 Å². The monoisotopic (exact) mass is 298 g/mol. The molecule has 0 saturated carbocycles. The summed E-state index contributed by atoms with van der Waals surface area (Å²) in [6.07, 6.45) is -4.78. The van der Waals surface area contributed by atoms with E-state index < -0.39 is 35.2 Å². The van der Waals surface area contributed by atoms with Gasteiger partial charge in [0.15, 0.2) is 17.5 Å². The minimum Gasteiger partial charge on any atom is -0.314 e. The number of nitrogens with zero attached hydrogens (tertiary/aromatic N) is 1. The van der Waals surface area contributed by atoms with Gasteiger partial charge in [0.05, 0.1) is 0 Å². The van der Waals surface area contributed by atoms with Crippen molar-refractivity contribution in [3.8, 4) is 0 Å². The lowest BCUT2D eigenvalue weighted by molar-refractivity contribution is -0.188. The lowest BCUT2D eigenvalue weighted by Gasteiger charge is -2.36. The molecule has 0 bridgehead atoms. The molecule has 8 heteroatoms. The van der Waals surface area contributed by atoms with Crippen molar-refractivity contribution >= 4 is 0 Å². The first-order valence-electron chi connectivity index (χ1n) is 5.97. The van der Waals surface area contributed by atoms with Gasteiger partial charge in [-0.2, -0.15) is 13.2 Å². The van der Waals surface area contributed by atoms with Crippen molar-refractivity contribution in [1.29, 1.82) is 0 Å². The first kappa shape index (κ1) is 15.1. The molecule has 2 rings (SSSR count). The molecule has 1 aromatic rings. The summed E-state index contributed by atoms with van der Waals surface area (Å²) in [5, 5.41) is 2.87. The fourth-order valence-corrected chi connectivity index (χ4v) is 2.27. The highest BCUT2D eigenvalue weighted by Gasteiger charge is 2.46. The maximum atomic E-state index is 13.6. The summed E-state index contributed by atoms with van der Waals surface area (Å²) in [7, 11) is 0. The van der Waals surface area contributed by atoms with Crippen LogP contribution in [0, 0.1) is 17.5 Å². The lowest BCUT2D eigenvalue weighted by Crippen LogP contribution is -2.49. The largest absolute Gasteiger partial charge is 0.408 e. The number of rotatable bonds is 2. The number of alkyl halides is 3. The van der Waals surface area contributed by atoms with E-state index in [1.165, 1.54) is 0 Å². The molecular weight excluding hydrogens is 286 g/mol. The topological polar surface area (TPSA) is 15.3 Å². The van der Waals surface area contributed by atoms with Gasteiger partial charge in [0.25, 0.3) is 0 Å². The maximum Gasteiger partial charge on any atom is 0.408 e. The van der Waals surface area contributed by atoms with Crippen LogP contribution >= 0.6 is 0 Å². The average Bonchev–Trinajstić information content (AvgIpc) is 2.39. The van der Waals surface area contributed by atoms with Gasteiger partial charge in [0.2, 0.25) is 0 Å². The molecule has 1 heterocycles. The average molecular weight is 298 g/mol. The Labute approximate surface area is 111 Å². The second kappa shape index (κ2) is 5.61. The van der Waals surface area contributed by atoms with Crippen LogP contribution in [0.4, 0.5) is 26.3 Å². The molecule has 0 aliphatic carbocycles. The van der Waals surface area contributed by atoms with Crippen LogP contribution in [0.1, 0.15) is 11.6 Å². The Morgan fingerprint density at radius 1 is 1.00 bits per heavy atom. The molecule has 1 atom stereocenters. The van der Waals surface area contributed by atoms with Gasteiger partial charge in [0, 0.05) is 31.7 Å². The molecule has 0 spiro atoms. The molecule has 0 radical (unpaired) electrons. The second-order valence-electron chi connectivity index (χ2n) is 4.49. The van der Waals surface area contributed by atoms with E-state index in [4.69, 9.17) is 0 Å². The van der Waals surface area contributed by atoms with Crippen LogP contribution < -0.4 is 5.32 Å². The Hall–Kier alpha value is -1.28. The second-order valence-corrected chi connectivity index (χ2v) is 4.49. The highest BCUT2D eigenvalue weighted by molar-refractivity contribution is 5.25. The third-order valence-corrected chi connectivity index (χ3v) is 3.19. The minimum atomic E-state index is -4.78. The molecule has 1 N–H and O–H groups in total. The fraction of sp³-hybridized carbons (Fsp3) is 0.500. The quantitative estimate of drug-likeness (QED) is 0.667. The van der Waals surface area contributed by atoms with Gasteiger partial charge in [0.1, 0.15) is 6.04 Å². The molecule has 0 unspecified atom stereocenters. The van der Waals surface area contributed by atoms with E-state index in [2.05, 4.69) is 5.32 Å². The molecule has 1 aliphatic heterocycles. The zero-order valence-corrected chi connectivity index (χ0v) is 10.3. The van der Waals surface area contributed by atoms with E-state index in [0.717, 1.165) is 4.90 Å². The van der Waals surface area contributed by atoms with Crippen molar-refractivity contribution in [3.05, 3.63) is 35.1 Å². The van der Waals surface area contributed by atoms with E-state index in [1.54, 1.807) is 0 Å². The highest BCUT2D eigenvalue weighted by Crippen LogP contribution is 2.39. The Morgan fingerprint density at radius 2 is 1.60 bits per heavy atom. The van der Waals surface area contributed by atoms with E-state index >= 15 is 0 Å². The molecule has 0 amide bonds. The van der Waals surface area contributed by atoms with Crippen molar-refractivity contribution in [2.75, 3.05) is 26.2 Å². The Bertz CT molecular complexity index is 482. The molecule has 1 aromatic carbocycles. The van der Waals surface area contributed by atoms with Gasteiger partial charge >= 0.3 is 6.18 Å². The fourth-order valence-electron chi connectivity index (χ4n) is 2.27. The number of benzene rings is 1. The van der Waals surface area contributed by atoms with Crippen LogP contribution in [0.5, 0.6) is 0 Å². The van der Waals surface area contributed by atoms with Gasteiger partial charge in [-0.1, -0.05) is 6.07 Å². The molecule has 1 aliphatic rings. The standard InChI is InChI=1S/C12H12F6N2/c13-8-2-1-7(9(14)10(8)15)11(12(16,17)18)20-5-3-19-4-6-20/h1-2,11,19H,3-6H2/t11-/m1/s1. The van der Waals surface area contributed by atoms with Gasteiger partial charge in [-0.3, -0.25) is 4.90 Å². The van der Waals surface area contributed by atoms with Crippen LogP contribution in [0.3, 0.4) is 0 Å². The zero-order valence-electron chi connectivity index (χ0n) is 10.3. The first-order valence-corrected chi connectivity index (χ1v) is 5.97. The summed E-state index contributed by atoms with van der Waals surface area (Å²) in [5.41, 5.74) is -0.890. The van der Waals surface area contributed by atoms with Crippen molar-refractivity contribution < 1.29 is 26.3 Å². The Kier molecular flexibility index (Phi) is 4.24. The van der Waals surface area contributed by atoms with Crippen molar-refractivity contribution in [1.82, 2.24) is 10.2 Å². The van der Waals surface area contributed by atoms with Crippen LogP contribution in [0.15, 0.2) is 12.1 Å². The van der Waals surface area contributed by atoms with Crippen LogP contribution in [0.2, 0.25) is 0 Å². The smallest absolute Gasteiger partial charge is 0.314 e. The molecule has 1 fully saturated rings. The summed E-state index contributed by atoms with van der Waals surface area (Å²) in [6.45, 7) is 0.723. The third kappa shape index (κ3) is 2.90. The molecule has 20 heavy (non-hydrogen) atoms. The van der Waals surface area contributed by atoms with E-state index in [0.29, 0.717) is 25.2 Å². The Balaban J connectivity index is 2.44. The molecular formula is C12H12F6N2. The van der Waals surface area contributed by atoms with E-state index in [-0.39, 0.29) is 13.1 Å². The molecule has 2 nitrogen and oxygen atoms in total. The lowest BCUT2D eigenvalue weighted by atomic mass is 10.0. The number of nitrogens with one attached hydrogen (secondary N) is 1. The van der Waals surface area contributed by atoms with E-state index in [1.807, 2.05) is 0 Å².